The van der Waals surface area contributed by atoms with Gasteiger partial charge in [0.1, 0.15) is 5.82 Å². The molecule has 0 aliphatic carbocycles. The number of aryl methyl sites for hydroxylation is 1. The van der Waals surface area contributed by atoms with Gasteiger partial charge in [0.25, 0.3) is 5.91 Å². The van der Waals surface area contributed by atoms with Gasteiger partial charge < -0.3 is 9.80 Å². The minimum Gasteiger partial charge on any atom is -0.338 e. The fourth-order valence-corrected chi connectivity index (χ4v) is 4.26. The van der Waals surface area contributed by atoms with E-state index in [9.17, 15) is 14.0 Å². The quantitative estimate of drug-likeness (QED) is 0.833. The molecule has 2 aromatic rings. The van der Waals surface area contributed by atoms with Gasteiger partial charge in [0, 0.05) is 44.8 Å². The summed E-state index contributed by atoms with van der Waals surface area (Å²) in [5.41, 5.74) is 1.33. The molecule has 2 fully saturated rings. The number of aromatic nitrogens is 2. The summed E-state index contributed by atoms with van der Waals surface area (Å²) in [6.45, 7) is 1.75. The van der Waals surface area contributed by atoms with Gasteiger partial charge in [-0.15, -0.1) is 0 Å². The summed E-state index contributed by atoms with van der Waals surface area (Å²) in [5.74, 6) is -0.137. The molecule has 3 heterocycles. The Balaban J connectivity index is 1.46. The van der Waals surface area contributed by atoms with E-state index >= 15 is 0 Å². The summed E-state index contributed by atoms with van der Waals surface area (Å²) < 4.78 is 14.8. The third kappa shape index (κ3) is 3.34. The first kappa shape index (κ1) is 17.7. The van der Waals surface area contributed by atoms with E-state index in [1.807, 2.05) is 9.80 Å². The smallest absolute Gasteiger partial charge is 0.257 e. The molecule has 0 saturated carbocycles. The van der Waals surface area contributed by atoms with Gasteiger partial charge in [-0.05, 0) is 37.0 Å². The summed E-state index contributed by atoms with van der Waals surface area (Å²) in [4.78, 5) is 29.0. The van der Waals surface area contributed by atoms with Crippen molar-refractivity contribution >= 4 is 11.8 Å². The van der Waals surface area contributed by atoms with Gasteiger partial charge in [-0.3, -0.25) is 14.3 Å². The van der Waals surface area contributed by atoms with E-state index in [0.29, 0.717) is 31.6 Å². The number of hydrogen-bond donors (Lipinski definition) is 0. The molecule has 1 aromatic carbocycles. The Morgan fingerprint density at radius 1 is 1.19 bits per heavy atom. The number of nitrogens with zero attached hydrogens (tertiary/aromatic N) is 4. The standard InChI is InChI=1S/C20H23FN4O2/c1-23-14-16(12-22-23)19(27)24-10-8-20(9-11-24)7-6-18(26)25(20)13-15-2-4-17(21)5-3-15/h2-5,12,14H,6-11,13H2,1H3. The first-order valence-corrected chi connectivity index (χ1v) is 9.30. The van der Waals surface area contributed by atoms with Crippen molar-refractivity contribution in [2.45, 2.75) is 37.8 Å². The molecule has 2 aliphatic heterocycles. The molecule has 0 radical (unpaired) electrons. The Kier molecular flexibility index (Phi) is 4.45. The van der Waals surface area contributed by atoms with Crippen LogP contribution >= 0.6 is 0 Å². The molecule has 7 heteroatoms. The number of amides is 2. The average molecular weight is 370 g/mol. The summed E-state index contributed by atoms with van der Waals surface area (Å²) in [6, 6.07) is 6.32. The van der Waals surface area contributed by atoms with Gasteiger partial charge >= 0.3 is 0 Å². The van der Waals surface area contributed by atoms with Crippen LogP contribution in [0.4, 0.5) is 4.39 Å². The lowest BCUT2D eigenvalue weighted by molar-refractivity contribution is -0.133. The average Bonchev–Trinajstić information content (AvgIpc) is 3.23. The molecule has 6 nitrogen and oxygen atoms in total. The number of carbonyl (C=O) groups is 2. The van der Waals surface area contributed by atoms with Gasteiger partial charge in [-0.2, -0.15) is 5.10 Å². The number of rotatable bonds is 3. The van der Waals surface area contributed by atoms with Crippen LogP contribution in [-0.2, 0) is 18.4 Å². The number of hydrogen-bond acceptors (Lipinski definition) is 3. The normalized spacial score (nSPS) is 19.1. The minimum atomic E-state index is -0.275. The second-order valence-electron chi connectivity index (χ2n) is 7.53. The van der Waals surface area contributed by atoms with Gasteiger partial charge in [-0.25, -0.2) is 4.39 Å². The van der Waals surface area contributed by atoms with Crippen LogP contribution in [0, 0.1) is 5.82 Å². The largest absolute Gasteiger partial charge is 0.338 e. The lowest BCUT2D eigenvalue weighted by Gasteiger charge is -2.45. The summed E-state index contributed by atoms with van der Waals surface area (Å²) in [7, 11) is 1.79. The predicted molar refractivity (Wildman–Crippen MR) is 97.3 cm³/mol. The van der Waals surface area contributed by atoms with E-state index < -0.39 is 0 Å². The molecule has 2 aliphatic rings. The highest BCUT2D eigenvalue weighted by molar-refractivity contribution is 5.93. The molecular weight excluding hydrogens is 347 g/mol. The SMILES string of the molecule is Cn1cc(C(=O)N2CCC3(CCC(=O)N3Cc3ccc(F)cc3)CC2)cn1. The highest BCUT2D eigenvalue weighted by Gasteiger charge is 2.47. The first-order chi connectivity index (χ1) is 13.0. The van der Waals surface area contributed by atoms with Crippen LogP contribution in [0.15, 0.2) is 36.7 Å². The molecule has 2 amide bonds. The number of benzene rings is 1. The monoisotopic (exact) mass is 370 g/mol. The predicted octanol–water partition coefficient (Wildman–Crippen LogP) is 2.36. The van der Waals surface area contributed by atoms with E-state index in [1.165, 1.54) is 12.1 Å². The van der Waals surface area contributed by atoms with Crippen LogP contribution in [-0.4, -0.2) is 50.0 Å². The van der Waals surface area contributed by atoms with Crippen LogP contribution in [0.2, 0.25) is 0 Å². The molecule has 4 rings (SSSR count). The van der Waals surface area contributed by atoms with Gasteiger partial charge in [-0.1, -0.05) is 12.1 Å². The molecule has 142 valence electrons. The lowest BCUT2D eigenvalue weighted by Crippen LogP contribution is -2.53. The van der Waals surface area contributed by atoms with Crippen molar-refractivity contribution in [3.63, 3.8) is 0 Å². The van der Waals surface area contributed by atoms with Crippen molar-refractivity contribution in [2.75, 3.05) is 13.1 Å². The number of carbonyl (C=O) groups excluding carboxylic acids is 2. The highest BCUT2D eigenvalue weighted by Crippen LogP contribution is 2.40. The van der Waals surface area contributed by atoms with Gasteiger partial charge in [0.15, 0.2) is 0 Å². The van der Waals surface area contributed by atoms with Gasteiger partial charge in [0.2, 0.25) is 5.91 Å². The van der Waals surface area contributed by atoms with Gasteiger partial charge in [0.05, 0.1) is 11.8 Å². The zero-order chi connectivity index (χ0) is 19.0. The van der Waals surface area contributed by atoms with Crippen molar-refractivity contribution in [2.24, 2.45) is 7.05 Å². The molecule has 1 spiro atoms. The van der Waals surface area contributed by atoms with E-state index in [1.54, 1.807) is 36.3 Å². The number of likely N-dealkylation sites (tertiary alicyclic amines) is 2. The molecule has 0 N–H and O–H groups in total. The fourth-order valence-electron chi connectivity index (χ4n) is 4.26. The molecule has 27 heavy (non-hydrogen) atoms. The van der Waals surface area contributed by atoms with Crippen molar-refractivity contribution in [3.05, 3.63) is 53.6 Å². The van der Waals surface area contributed by atoms with Crippen LogP contribution < -0.4 is 0 Å². The lowest BCUT2D eigenvalue weighted by atomic mass is 9.84. The molecule has 2 saturated heterocycles. The molecular formula is C20H23FN4O2. The molecule has 0 bridgehead atoms. The van der Waals surface area contributed by atoms with E-state index in [4.69, 9.17) is 0 Å². The van der Waals surface area contributed by atoms with E-state index in [-0.39, 0.29) is 23.2 Å². The Hall–Kier alpha value is -2.70. The van der Waals surface area contributed by atoms with Crippen LogP contribution in [0.3, 0.4) is 0 Å². The van der Waals surface area contributed by atoms with Crippen LogP contribution in [0.25, 0.3) is 0 Å². The van der Waals surface area contributed by atoms with Crippen LogP contribution in [0.1, 0.15) is 41.6 Å². The maximum Gasteiger partial charge on any atom is 0.257 e. The Labute approximate surface area is 157 Å². The maximum absolute atomic E-state index is 13.2. The first-order valence-electron chi connectivity index (χ1n) is 9.30. The zero-order valence-corrected chi connectivity index (χ0v) is 15.4. The summed E-state index contributed by atoms with van der Waals surface area (Å²) in [6.07, 6.45) is 6.22. The second kappa shape index (κ2) is 6.79. The zero-order valence-electron chi connectivity index (χ0n) is 15.4. The third-order valence-electron chi connectivity index (χ3n) is 5.86. The summed E-state index contributed by atoms with van der Waals surface area (Å²) >= 11 is 0. The molecule has 0 atom stereocenters. The Morgan fingerprint density at radius 2 is 1.89 bits per heavy atom. The number of halogens is 1. The highest BCUT2D eigenvalue weighted by atomic mass is 19.1. The van der Waals surface area contributed by atoms with Crippen molar-refractivity contribution in [1.29, 1.82) is 0 Å². The Bertz CT molecular complexity index is 853. The van der Waals surface area contributed by atoms with Crippen molar-refractivity contribution in [1.82, 2.24) is 19.6 Å². The maximum atomic E-state index is 13.2. The third-order valence-corrected chi connectivity index (χ3v) is 5.86. The molecule has 1 aromatic heterocycles. The fraction of sp³-hybridized carbons (Fsp3) is 0.450. The summed E-state index contributed by atoms with van der Waals surface area (Å²) in [5, 5.41) is 4.07. The second-order valence-corrected chi connectivity index (χ2v) is 7.53. The van der Waals surface area contributed by atoms with E-state index in [2.05, 4.69) is 5.10 Å². The van der Waals surface area contributed by atoms with Crippen LogP contribution in [0.5, 0.6) is 0 Å². The minimum absolute atomic E-state index is 0.00708. The molecule has 0 unspecified atom stereocenters. The van der Waals surface area contributed by atoms with Crippen molar-refractivity contribution < 1.29 is 14.0 Å². The number of piperidine rings is 1. The topological polar surface area (TPSA) is 58.4 Å². The Morgan fingerprint density at radius 3 is 2.52 bits per heavy atom. The van der Waals surface area contributed by atoms with Crippen molar-refractivity contribution in [3.8, 4) is 0 Å². The van der Waals surface area contributed by atoms with E-state index in [0.717, 1.165) is 24.8 Å².